The van der Waals surface area contributed by atoms with Gasteiger partial charge in [0.05, 0.1) is 11.4 Å². The van der Waals surface area contributed by atoms with E-state index in [2.05, 4.69) is 228 Å². The molecule has 4 aromatic heterocycles. The van der Waals surface area contributed by atoms with Gasteiger partial charge in [0.2, 0.25) is 0 Å². The summed E-state index contributed by atoms with van der Waals surface area (Å²) >= 11 is 7.65. The summed E-state index contributed by atoms with van der Waals surface area (Å²) in [7, 11) is 0. The van der Waals surface area contributed by atoms with Gasteiger partial charge in [-0.2, -0.15) is 0 Å². The number of hydrogen-bond acceptors (Lipinski definition) is 6. The molecule has 0 spiro atoms. The summed E-state index contributed by atoms with van der Waals surface area (Å²) in [5.74, 6) is 0. The Morgan fingerprint density at radius 2 is 0.797 bits per heavy atom. The first-order chi connectivity index (χ1) is 33.1. The van der Waals surface area contributed by atoms with Crippen molar-refractivity contribution >= 4 is 142 Å². The second-order valence-electron chi connectivity index (χ2n) is 22.2. The van der Waals surface area contributed by atoms with Gasteiger partial charge < -0.3 is 9.80 Å². The Hall–Kier alpha value is -5.96. The summed E-state index contributed by atoms with van der Waals surface area (Å²) in [6, 6.07) is 56.2. The third-order valence-corrected chi connectivity index (χ3v) is 19.1. The van der Waals surface area contributed by atoms with Crippen molar-refractivity contribution in [3.8, 4) is 22.3 Å². The molecule has 0 radical (unpaired) electrons. The largest absolute Gasteiger partial charge is 0.310 e. The van der Waals surface area contributed by atoms with Crippen molar-refractivity contribution in [3.05, 3.63) is 173 Å². The standard InChI is InChI=1S/C62H53BN2S4/c1-60(2,3)38-22-28-53-45(30-38)56-58(68-53)63-55-49(64(56)41-24-18-36(19-25-41)47-34-66-51-16-12-10-14-43(47)51)32-40(62(7,8)9)33-50(55)65(57-46-31-39(61(4,5)6)23-29-54(46)69-59(57)63)42-26-20-37(21-27-42)48-35-67-52-17-13-11-15-44(48)52/h10-35H,1-9H3. The molecule has 0 unspecified atom stereocenters. The Labute approximate surface area is 422 Å². The number of fused-ring (bicyclic) bond motifs is 10. The molecule has 0 aliphatic carbocycles. The average molecular weight is 965 g/mol. The van der Waals surface area contributed by atoms with Crippen LogP contribution in [-0.4, -0.2) is 6.71 Å². The second kappa shape index (κ2) is 15.3. The molecule has 13 rings (SSSR count). The van der Waals surface area contributed by atoms with Crippen LogP contribution < -0.4 is 24.8 Å². The maximum Gasteiger partial charge on any atom is 0.277 e. The lowest BCUT2D eigenvalue weighted by atomic mass is 9.39. The van der Waals surface area contributed by atoms with E-state index in [1.165, 1.54) is 128 Å². The zero-order valence-electron chi connectivity index (χ0n) is 40.6. The molecule has 6 heterocycles. The number of hydrogen-bond donors (Lipinski definition) is 0. The van der Waals surface area contributed by atoms with E-state index in [1.54, 1.807) is 0 Å². The molecule has 7 heteroatoms. The minimum absolute atomic E-state index is 0.00122. The molecule has 0 atom stereocenters. The number of nitrogens with zero attached hydrogens (tertiary/aromatic N) is 2. The molecule has 0 bridgehead atoms. The summed E-state index contributed by atoms with van der Waals surface area (Å²) in [5.41, 5.74) is 17.9. The highest BCUT2D eigenvalue weighted by atomic mass is 32.1. The van der Waals surface area contributed by atoms with E-state index in [1.807, 2.05) is 45.3 Å². The van der Waals surface area contributed by atoms with Gasteiger partial charge in [0, 0.05) is 83.8 Å². The van der Waals surface area contributed by atoms with Gasteiger partial charge in [-0.1, -0.05) is 135 Å². The highest BCUT2D eigenvalue weighted by Gasteiger charge is 2.48. The molecular formula is C62H53BN2S4. The fraction of sp³-hybridized carbons (Fsp3) is 0.194. The van der Waals surface area contributed by atoms with E-state index in [0.717, 1.165) is 0 Å². The third kappa shape index (κ3) is 6.75. The predicted octanol–water partition coefficient (Wildman–Crippen LogP) is 17.9. The van der Waals surface area contributed by atoms with Crippen LogP contribution in [0.5, 0.6) is 0 Å². The lowest BCUT2D eigenvalue weighted by Gasteiger charge is -2.43. The molecule has 69 heavy (non-hydrogen) atoms. The van der Waals surface area contributed by atoms with Gasteiger partial charge in [0.15, 0.2) is 0 Å². The van der Waals surface area contributed by atoms with E-state index in [-0.39, 0.29) is 23.0 Å². The summed E-state index contributed by atoms with van der Waals surface area (Å²) in [6.45, 7) is 21.2. The number of anilines is 6. The first-order valence-corrected chi connectivity index (χ1v) is 27.6. The Morgan fingerprint density at radius 1 is 0.391 bits per heavy atom. The van der Waals surface area contributed by atoms with Gasteiger partial charge in [0.25, 0.3) is 6.71 Å². The van der Waals surface area contributed by atoms with Gasteiger partial charge in [0.1, 0.15) is 0 Å². The van der Waals surface area contributed by atoms with Crippen molar-refractivity contribution in [2.75, 3.05) is 9.80 Å². The summed E-state index contributed by atoms with van der Waals surface area (Å²) < 4.78 is 8.15. The van der Waals surface area contributed by atoms with Crippen LogP contribution >= 0.6 is 45.3 Å². The van der Waals surface area contributed by atoms with Gasteiger partial charge in [-0.3, -0.25) is 0 Å². The molecule has 7 aromatic carbocycles. The highest BCUT2D eigenvalue weighted by molar-refractivity contribution is 7.40. The van der Waals surface area contributed by atoms with Crippen LogP contribution in [0.1, 0.15) is 79.0 Å². The molecule has 338 valence electrons. The minimum atomic E-state index is -0.126. The maximum absolute atomic E-state index is 2.65. The fourth-order valence-electron chi connectivity index (χ4n) is 10.9. The van der Waals surface area contributed by atoms with Gasteiger partial charge in [-0.25, -0.2) is 0 Å². The van der Waals surface area contributed by atoms with Crippen LogP contribution in [0, 0.1) is 0 Å². The Morgan fingerprint density at radius 3 is 1.20 bits per heavy atom. The lowest BCUT2D eigenvalue weighted by Crippen LogP contribution is -2.59. The van der Waals surface area contributed by atoms with E-state index in [0.29, 0.717) is 0 Å². The quantitative estimate of drug-likeness (QED) is 0.162. The first kappa shape index (κ1) is 43.1. The Balaban J connectivity index is 1.10. The number of thiophene rings is 4. The molecule has 2 aliphatic heterocycles. The average Bonchev–Trinajstić information content (AvgIpc) is 4.14. The molecule has 11 aromatic rings. The Kier molecular flexibility index (Phi) is 9.54. The lowest BCUT2D eigenvalue weighted by molar-refractivity contribution is 0.590. The number of benzene rings is 7. The molecule has 2 aliphatic rings. The number of rotatable bonds is 4. The molecular weight excluding hydrogens is 912 g/mol. The van der Waals surface area contributed by atoms with E-state index >= 15 is 0 Å². The maximum atomic E-state index is 2.65. The predicted molar refractivity (Wildman–Crippen MR) is 309 cm³/mol. The van der Waals surface area contributed by atoms with Crippen LogP contribution in [0.2, 0.25) is 0 Å². The van der Waals surface area contributed by atoms with E-state index in [4.69, 9.17) is 0 Å². The second-order valence-corrected chi connectivity index (χ2v) is 26.2. The first-order valence-electron chi connectivity index (χ1n) is 24.2. The van der Waals surface area contributed by atoms with Crippen molar-refractivity contribution in [1.82, 2.24) is 0 Å². The zero-order chi connectivity index (χ0) is 47.3. The molecule has 0 saturated heterocycles. The minimum Gasteiger partial charge on any atom is -0.310 e. The molecule has 2 nitrogen and oxygen atoms in total. The van der Waals surface area contributed by atoms with Crippen LogP contribution in [0.25, 0.3) is 62.6 Å². The topological polar surface area (TPSA) is 6.48 Å². The molecule has 0 saturated carbocycles. The summed E-state index contributed by atoms with van der Waals surface area (Å²) in [5, 5.41) is 9.94. The molecule has 0 N–H and O–H groups in total. The van der Waals surface area contributed by atoms with Crippen molar-refractivity contribution < 1.29 is 0 Å². The van der Waals surface area contributed by atoms with Crippen LogP contribution in [0.3, 0.4) is 0 Å². The van der Waals surface area contributed by atoms with Crippen molar-refractivity contribution in [2.45, 2.75) is 78.6 Å². The molecule has 0 fully saturated rings. The van der Waals surface area contributed by atoms with Crippen LogP contribution in [0.15, 0.2) is 156 Å². The third-order valence-electron chi connectivity index (χ3n) is 14.7. The highest BCUT2D eigenvalue weighted by Crippen LogP contribution is 2.53. The monoisotopic (exact) mass is 964 g/mol. The van der Waals surface area contributed by atoms with Crippen molar-refractivity contribution in [2.24, 2.45) is 0 Å². The molecule has 0 amide bonds. The van der Waals surface area contributed by atoms with Crippen molar-refractivity contribution in [3.63, 3.8) is 0 Å². The SMILES string of the molecule is CC(C)(C)c1cc2c3c(c1)N(c1ccc(-c4csc5ccccc45)cc1)c1c(sc4ccc(C(C)(C)C)cc14)B3c1sc3ccc(C(C)(C)C)cc3c1N2c1ccc(-c2csc3ccccc23)cc1. The summed E-state index contributed by atoms with van der Waals surface area (Å²) in [4.78, 5) is 5.30. The normalized spacial score (nSPS) is 13.8. The van der Waals surface area contributed by atoms with Crippen LogP contribution in [0.4, 0.5) is 34.1 Å². The Bertz CT molecular complexity index is 3620. The van der Waals surface area contributed by atoms with Gasteiger partial charge in [-0.15, -0.1) is 45.3 Å². The van der Waals surface area contributed by atoms with E-state index in [9.17, 15) is 0 Å². The fourth-order valence-corrected chi connectivity index (χ4v) is 15.5. The zero-order valence-corrected chi connectivity index (χ0v) is 43.9. The van der Waals surface area contributed by atoms with Crippen molar-refractivity contribution in [1.29, 1.82) is 0 Å². The van der Waals surface area contributed by atoms with Gasteiger partial charge >= 0.3 is 0 Å². The van der Waals surface area contributed by atoms with E-state index < -0.39 is 0 Å². The van der Waals surface area contributed by atoms with Gasteiger partial charge in [-0.05, 0) is 133 Å². The smallest absolute Gasteiger partial charge is 0.277 e. The summed E-state index contributed by atoms with van der Waals surface area (Å²) in [6.07, 6.45) is 0. The van der Waals surface area contributed by atoms with Crippen LogP contribution in [-0.2, 0) is 16.2 Å².